The van der Waals surface area contributed by atoms with Crippen molar-refractivity contribution >= 4 is 39.9 Å². The van der Waals surface area contributed by atoms with Gasteiger partial charge in [0.25, 0.3) is 5.78 Å². The maximum absolute atomic E-state index is 13.3. The minimum Gasteiger partial charge on any atom is -0.507 e. The minimum absolute atomic E-state index is 0.0590. The summed E-state index contributed by atoms with van der Waals surface area (Å²) in [5.41, 5.74) is 2.09. The second kappa shape index (κ2) is 9.71. The fourth-order valence-corrected chi connectivity index (χ4v) is 5.02. The Balaban J connectivity index is 1.89. The zero-order valence-electron chi connectivity index (χ0n) is 19.7. The number of thiazole rings is 1. The lowest BCUT2D eigenvalue weighted by molar-refractivity contribution is -0.132. The third-order valence-corrected chi connectivity index (χ3v) is 6.82. The van der Waals surface area contributed by atoms with Gasteiger partial charge in [0.15, 0.2) is 5.13 Å². The molecule has 2 aromatic carbocycles. The van der Waals surface area contributed by atoms with Gasteiger partial charge in [-0.3, -0.25) is 14.5 Å². The molecule has 3 aromatic rings. The first-order chi connectivity index (χ1) is 16.8. The van der Waals surface area contributed by atoms with Gasteiger partial charge in [-0.1, -0.05) is 41.7 Å². The number of amides is 1. The number of aromatic nitrogens is 1. The summed E-state index contributed by atoms with van der Waals surface area (Å²) in [5.74, 6) is -1.89. The van der Waals surface area contributed by atoms with Crippen molar-refractivity contribution in [3.05, 3.63) is 81.4 Å². The van der Waals surface area contributed by atoms with E-state index in [9.17, 15) is 19.5 Å². The van der Waals surface area contributed by atoms with E-state index in [1.165, 1.54) is 4.90 Å². The predicted molar refractivity (Wildman–Crippen MR) is 132 cm³/mol. The minimum atomic E-state index is -0.931. The van der Waals surface area contributed by atoms with Crippen molar-refractivity contribution in [3.63, 3.8) is 0 Å². The van der Waals surface area contributed by atoms with Crippen LogP contribution in [0.1, 0.15) is 45.0 Å². The summed E-state index contributed by atoms with van der Waals surface area (Å²) < 4.78 is 10.4. The summed E-state index contributed by atoms with van der Waals surface area (Å²) >= 11 is 0.972. The van der Waals surface area contributed by atoms with Crippen LogP contribution in [0.4, 0.5) is 5.13 Å². The van der Waals surface area contributed by atoms with Gasteiger partial charge in [-0.15, -0.1) is 0 Å². The molecule has 0 spiro atoms. The third-order valence-electron chi connectivity index (χ3n) is 5.68. The van der Waals surface area contributed by atoms with E-state index in [4.69, 9.17) is 9.47 Å². The van der Waals surface area contributed by atoms with Gasteiger partial charge in [-0.2, -0.15) is 0 Å². The number of ether oxygens (including phenoxy) is 2. The van der Waals surface area contributed by atoms with Crippen molar-refractivity contribution in [2.75, 3.05) is 18.6 Å². The van der Waals surface area contributed by atoms with E-state index in [0.29, 0.717) is 22.6 Å². The van der Waals surface area contributed by atoms with Crippen molar-refractivity contribution in [2.24, 2.45) is 0 Å². The second-order valence-corrected chi connectivity index (χ2v) is 8.87. The molecule has 1 fully saturated rings. The summed E-state index contributed by atoms with van der Waals surface area (Å²) in [7, 11) is 1.55. The Labute approximate surface area is 206 Å². The Morgan fingerprint density at radius 1 is 1.14 bits per heavy atom. The number of aliphatic hydroxyl groups excluding tert-OH is 1. The number of ketones is 1. The molecule has 180 valence electrons. The molecular formula is C26H24N2O6S. The van der Waals surface area contributed by atoms with Crippen molar-refractivity contribution in [1.29, 1.82) is 0 Å². The molecule has 1 atom stereocenters. The van der Waals surface area contributed by atoms with Crippen LogP contribution in [-0.4, -0.2) is 41.5 Å². The average molecular weight is 493 g/mol. The normalized spacial score (nSPS) is 17.0. The van der Waals surface area contributed by atoms with Crippen molar-refractivity contribution in [3.8, 4) is 5.75 Å². The van der Waals surface area contributed by atoms with Crippen molar-refractivity contribution in [2.45, 2.75) is 26.8 Å². The Morgan fingerprint density at radius 2 is 1.86 bits per heavy atom. The number of aryl methyl sites for hydroxylation is 2. The van der Waals surface area contributed by atoms with Crippen LogP contribution in [0.3, 0.4) is 0 Å². The largest absolute Gasteiger partial charge is 0.507 e. The molecule has 1 N–H and O–H groups in total. The number of esters is 1. The van der Waals surface area contributed by atoms with Crippen LogP contribution >= 0.6 is 11.3 Å². The molecule has 1 aliphatic heterocycles. The summed E-state index contributed by atoms with van der Waals surface area (Å²) in [6, 6.07) is 13.0. The van der Waals surface area contributed by atoms with Gasteiger partial charge in [-0.25, -0.2) is 9.78 Å². The van der Waals surface area contributed by atoms with Crippen LogP contribution in [0.25, 0.3) is 5.76 Å². The molecule has 2 heterocycles. The van der Waals surface area contributed by atoms with Crippen molar-refractivity contribution in [1.82, 2.24) is 4.98 Å². The maximum atomic E-state index is 13.3. The van der Waals surface area contributed by atoms with E-state index in [1.54, 1.807) is 63.4 Å². The molecule has 35 heavy (non-hydrogen) atoms. The maximum Gasteiger partial charge on any atom is 0.350 e. The fourth-order valence-electron chi connectivity index (χ4n) is 4.03. The number of nitrogens with zero attached hydrogens (tertiary/aromatic N) is 2. The van der Waals surface area contributed by atoms with Gasteiger partial charge in [0.1, 0.15) is 16.4 Å². The Hall–Kier alpha value is -3.98. The first kappa shape index (κ1) is 24.2. The summed E-state index contributed by atoms with van der Waals surface area (Å²) in [5, 5.41) is 11.4. The Bertz CT molecular complexity index is 1350. The number of rotatable bonds is 6. The summed E-state index contributed by atoms with van der Waals surface area (Å²) in [6.45, 7) is 5.35. The number of benzene rings is 2. The molecule has 0 bridgehead atoms. The monoisotopic (exact) mass is 492 g/mol. The van der Waals surface area contributed by atoms with Crippen LogP contribution in [0.5, 0.6) is 5.75 Å². The first-order valence-electron chi connectivity index (χ1n) is 10.9. The lowest BCUT2D eigenvalue weighted by atomic mass is 9.95. The van der Waals surface area contributed by atoms with Crippen LogP contribution in [0.2, 0.25) is 0 Å². The zero-order valence-corrected chi connectivity index (χ0v) is 20.5. The zero-order chi connectivity index (χ0) is 25.3. The molecular weight excluding hydrogens is 468 g/mol. The molecule has 0 aliphatic carbocycles. The number of carbonyl (C=O) groups excluding carboxylic acids is 3. The van der Waals surface area contributed by atoms with Gasteiger partial charge >= 0.3 is 11.9 Å². The Morgan fingerprint density at radius 3 is 2.49 bits per heavy atom. The highest BCUT2D eigenvalue weighted by Gasteiger charge is 2.48. The van der Waals surface area contributed by atoms with Gasteiger partial charge in [-0.05, 0) is 50.1 Å². The quantitative estimate of drug-likeness (QED) is 0.232. The fraction of sp³-hybridized carbons (Fsp3) is 0.231. The van der Waals surface area contributed by atoms with Crippen LogP contribution in [0, 0.1) is 13.8 Å². The van der Waals surface area contributed by atoms with Crippen LogP contribution < -0.4 is 9.64 Å². The molecule has 1 unspecified atom stereocenters. The van der Waals surface area contributed by atoms with Gasteiger partial charge in [0.2, 0.25) is 0 Å². The highest BCUT2D eigenvalue weighted by atomic mass is 32.1. The topological polar surface area (TPSA) is 106 Å². The lowest BCUT2D eigenvalue weighted by Gasteiger charge is -2.23. The molecule has 1 aliphatic rings. The highest BCUT2D eigenvalue weighted by molar-refractivity contribution is 7.17. The Kier molecular flexibility index (Phi) is 6.70. The number of anilines is 1. The SMILES string of the molecule is CCOC(=O)c1sc(N2C(=O)C(=O)/C(=C(\O)c3ccc(OC)c(C)c3)C2c2ccccc2)nc1C. The predicted octanol–water partition coefficient (Wildman–Crippen LogP) is 4.57. The number of carbonyl (C=O) groups is 3. The van der Waals surface area contributed by atoms with Crippen LogP contribution in [0.15, 0.2) is 54.1 Å². The van der Waals surface area contributed by atoms with Gasteiger partial charge < -0.3 is 14.6 Å². The standard InChI is InChI=1S/C26H24N2O6S/c1-5-34-25(32)23-15(3)27-26(35-23)28-20(16-9-7-6-8-10-16)19(22(30)24(28)31)21(29)17-11-12-18(33-4)14(2)13-17/h6-13,20,29H,5H2,1-4H3/b21-19-. The van der Waals surface area contributed by atoms with Crippen LogP contribution in [-0.2, 0) is 14.3 Å². The van der Waals surface area contributed by atoms with E-state index in [2.05, 4.69) is 4.98 Å². The molecule has 1 aromatic heterocycles. The van der Waals surface area contributed by atoms with E-state index < -0.39 is 23.7 Å². The van der Waals surface area contributed by atoms with E-state index in [1.807, 2.05) is 13.0 Å². The third kappa shape index (κ3) is 4.30. The summed E-state index contributed by atoms with van der Waals surface area (Å²) in [6.07, 6.45) is 0. The molecule has 1 saturated heterocycles. The number of hydrogen-bond donors (Lipinski definition) is 1. The first-order valence-corrected chi connectivity index (χ1v) is 11.8. The van der Waals surface area contributed by atoms with E-state index >= 15 is 0 Å². The molecule has 8 nitrogen and oxygen atoms in total. The van der Waals surface area contributed by atoms with E-state index in [0.717, 1.165) is 16.9 Å². The lowest BCUT2D eigenvalue weighted by Crippen LogP contribution is -2.29. The second-order valence-electron chi connectivity index (χ2n) is 7.90. The summed E-state index contributed by atoms with van der Waals surface area (Å²) in [4.78, 5) is 44.8. The number of methoxy groups -OCH3 is 1. The molecule has 1 amide bonds. The molecule has 9 heteroatoms. The van der Waals surface area contributed by atoms with Crippen molar-refractivity contribution < 1.29 is 29.0 Å². The number of aliphatic hydroxyl groups is 1. The van der Waals surface area contributed by atoms with Gasteiger partial charge in [0, 0.05) is 5.56 Å². The number of Topliss-reactive ketones (excluding diaryl/α,β-unsaturated/α-hetero) is 1. The van der Waals surface area contributed by atoms with E-state index in [-0.39, 0.29) is 27.9 Å². The number of hydrogen-bond acceptors (Lipinski definition) is 8. The smallest absolute Gasteiger partial charge is 0.350 e. The highest BCUT2D eigenvalue weighted by Crippen LogP contribution is 2.44. The van der Waals surface area contributed by atoms with Gasteiger partial charge in [0.05, 0.1) is 31.0 Å². The molecule has 4 rings (SSSR count). The molecule has 0 radical (unpaired) electrons. The average Bonchev–Trinajstić information content (AvgIpc) is 3.36. The molecule has 0 saturated carbocycles.